The zero-order chi connectivity index (χ0) is 18.2. The van der Waals surface area contributed by atoms with Crippen molar-refractivity contribution in [2.45, 2.75) is 6.92 Å². The standard InChI is InChI=1S/C18H23N5O2/c1-13(24)21-15-5-4-6-16(11-15)22-17-8-7-14(12-20-17)18(25)19-9-10-23(2)3/h4-8,11-12H,9-10H2,1-3H3,(H,19,25)(H,20,22)(H,21,24). The second-order valence-corrected chi connectivity index (χ2v) is 5.88. The third-order valence-electron chi connectivity index (χ3n) is 3.33. The number of hydrogen-bond acceptors (Lipinski definition) is 5. The lowest BCUT2D eigenvalue weighted by Crippen LogP contribution is -2.31. The van der Waals surface area contributed by atoms with E-state index in [0.717, 1.165) is 12.2 Å². The first-order chi connectivity index (χ1) is 11.9. The highest BCUT2D eigenvalue weighted by Gasteiger charge is 2.06. The average Bonchev–Trinajstić information content (AvgIpc) is 2.55. The van der Waals surface area contributed by atoms with Crippen molar-refractivity contribution < 1.29 is 9.59 Å². The van der Waals surface area contributed by atoms with Crippen LogP contribution >= 0.6 is 0 Å². The number of carbonyl (C=O) groups excluding carboxylic acids is 2. The van der Waals surface area contributed by atoms with Crippen LogP contribution in [0.3, 0.4) is 0 Å². The predicted octanol–water partition coefficient (Wildman–Crippen LogP) is 2.07. The van der Waals surface area contributed by atoms with Gasteiger partial charge in [0.2, 0.25) is 5.91 Å². The molecule has 0 aliphatic heterocycles. The van der Waals surface area contributed by atoms with Crippen LogP contribution in [-0.4, -0.2) is 48.9 Å². The summed E-state index contributed by atoms with van der Waals surface area (Å²) >= 11 is 0. The Hall–Kier alpha value is -2.93. The molecule has 0 aliphatic carbocycles. The van der Waals surface area contributed by atoms with E-state index in [-0.39, 0.29) is 11.8 Å². The van der Waals surface area contributed by atoms with Crippen molar-refractivity contribution >= 4 is 29.0 Å². The van der Waals surface area contributed by atoms with Crippen LogP contribution in [-0.2, 0) is 4.79 Å². The maximum Gasteiger partial charge on any atom is 0.252 e. The van der Waals surface area contributed by atoms with Crippen molar-refractivity contribution in [3.63, 3.8) is 0 Å². The zero-order valence-electron chi connectivity index (χ0n) is 14.7. The van der Waals surface area contributed by atoms with Gasteiger partial charge in [0.1, 0.15) is 5.82 Å². The molecule has 0 saturated carbocycles. The quantitative estimate of drug-likeness (QED) is 0.718. The highest BCUT2D eigenvalue weighted by atomic mass is 16.2. The molecule has 2 aromatic rings. The number of amides is 2. The Morgan fingerprint density at radius 3 is 2.52 bits per heavy atom. The molecule has 0 saturated heterocycles. The first-order valence-corrected chi connectivity index (χ1v) is 7.97. The Balaban J connectivity index is 1.96. The molecule has 1 aromatic heterocycles. The molecule has 7 nitrogen and oxygen atoms in total. The smallest absolute Gasteiger partial charge is 0.252 e. The second kappa shape index (κ2) is 8.79. The fraction of sp³-hybridized carbons (Fsp3) is 0.278. The van der Waals surface area contributed by atoms with E-state index >= 15 is 0 Å². The maximum atomic E-state index is 12.0. The van der Waals surface area contributed by atoms with Crippen LogP contribution in [0, 0.1) is 0 Å². The number of hydrogen-bond donors (Lipinski definition) is 3. The molecule has 0 radical (unpaired) electrons. The number of likely N-dealkylation sites (N-methyl/N-ethyl adjacent to an activating group) is 1. The van der Waals surface area contributed by atoms with E-state index in [1.807, 2.05) is 37.2 Å². The SMILES string of the molecule is CC(=O)Nc1cccc(Nc2ccc(C(=O)NCCN(C)C)cn2)c1. The van der Waals surface area contributed by atoms with Crippen molar-refractivity contribution in [1.29, 1.82) is 0 Å². The fourth-order valence-corrected chi connectivity index (χ4v) is 2.12. The number of benzene rings is 1. The van der Waals surface area contributed by atoms with Gasteiger partial charge in [0, 0.05) is 37.6 Å². The van der Waals surface area contributed by atoms with Crippen LogP contribution in [0.15, 0.2) is 42.6 Å². The minimum atomic E-state index is -0.145. The largest absolute Gasteiger partial charge is 0.351 e. The minimum absolute atomic E-state index is 0.125. The summed E-state index contributed by atoms with van der Waals surface area (Å²) in [7, 11) is 3.91. The Kier molecular flexibility index (Phi) is 6.47. The van der Waals surface area contributed by atoms with Crippen LogP contribution in [0.25, 0.3) is 0 Å². The molecule has 0 aliphatic rings. The van der Waals surface area contributed by atoms with Crippen LogP contribution < -0.4 is 16.0 Å². The summed E-state index contributed by atoms with van der Waals surface area (Å²) in [5.74, 6) is 0.346. The number of carbonyl (C=O) groups is 2. The van der Waals surface area contributed by atoms with E-state index < -0.39 is 0 Å². The fourth-order valence-electron chi connectivity index (χ4n) is 2.12. The molecular formula is C18H23N5O2. The number of nitrogens with one attached hydrogen (secondary N) is 3. The van der Waals surface area contributed by atoms with Crippen molar-refractivity contribution in [3.8, 4) is 0 Å². The van der Waals surface area contributed by atoms with Crippen molar-refractivity contribution in [2.24, 2.45) is 0 Å². The van der Waals surface area contributed by atoms with Gasteiger partial charge in [-0.25, -0.2) is 4.98 Å². The monoisotopic (exact) mass is 341 g/mol. The molecule has 2 rings (SSSR count). The van der Waals surface area contributed by atoms with Gasteiger partial charge in [-0.1, -0.05) is 6.07 Å². The summed E-state index contributed by atoms with van der Waals surface area (Å²) < 4.78 is 0. The first-order valence-electron chi connectivity index (χ1n) is 7.97. The van der Waals surface area contributed by atoms with Gasteiger partial charge in [0.15, 0.2) is 0 Å². The molecule has 1 aromatic carbocycles. The molecule has 0 fully saturated rings. The summed E-state index contributed by atoms with van der Waals surface area (Å²) in [6, 6.07) is 10.8. The normalized spacial score (nSPS) is 10.4. The molecule has 132 valence electrons. The summed E-state index contributed by atoms with van der Waals surface area (Å²) in [6.07, 6.45) is 1.53. The van der Waals surface area contributed by atoms with Gasteiger partial charge in [0.25, 0.3) is 5.91 Å². The van der Waals surface area contributed by atoms with Crippen LogP contribution in [0.2, 0.25) is 0 Å². The highest BCUT2D eigenvalue weighted by molar-refractivity contribution is 5.94. The summed E-state index contributed by atoms with van der Waals surface area (Å²) in [6.45, 7) is 2.83. The van der Waals surface area contributed by atoms with E-state index in [1.165, 1.54) is 13.1 Å². The molecule has 0 spiro atoms. The molecule has 1 heterocycles. The van der Waals surface area contributed by atoms with Gasteiger partial charge < -0.3 is 20.9 Å². The maximum absolute atomic E-state index is 12.0. The van der Waals surface area contributed by atoms with Gasteiger partial charge in [-0.2, -0.15) is 0 Å². The third kappa shape index (κ3) is 6.23. The molecule has 0 unspecified atom stereocenters. The number of anilines is 3. The molecule has 7 heteroatoms. The van der Waals surface area contributed by atoms with Gasteiger partial charge in [0.05, 0.1) is 5.56 Å². The van der Waals surface area contributed by atoms with Gasteiger partial charge >= 0.3 is 0 Å². The third-order valence-corrected chi connectivity index (χ3v) is 3.33. The highest BCUT2D eigenvalue weighted by Crippen LogP contribution is 2.19. The molecular weight excluding hydrogens is 318 g/mol. The number of pyridine rings is 1. The lowest BCUT2D eigenvalue weighted by atomic mass is 10.2. The van der Waals surface area contributed by atoms with E-state index in [2.05, 4.69) is 20.9 Å². The van der Waals surface area contributed by atoms with E-state index in [4.69, 9.17) is 0 Å². The minimum Gasteiger partial charge on any atom is -0.351 e. The number of nitrogens with zero attached hydrogens (tertiary/aromatic N) is 2. The second-order valence-electron chi connectivity index (χ2n) is 5.88. The Bertz CT molecular complexity index is 729. The van der Waals surface area contributed by atoms with Gasteiger partial charge in [-0.15, -0.1) is 0 Å². The number of rotatable bonds is 7. The van der Waals surface area contributed by atoms with Crippen molar-refractivity contribution in [2.75, 3.05) is 37.8 Å². The van der Waals surface area contributed by atoms with Gasteiger partial charge in [-0.05, 0) is 44.4 Å². The van der Waals surface area contributed by atoms with E-state index in [9.17, 15) is 9.59 Å². The average molecular weight is 341 g/mol. The Labute approximate surface area is 147 Å². The molecule has 0 bridgehead atoms. The summed E-state index contributed by atoms with van der Waals surface area (Å²) in [5.41, 5.74) is 2.01. The summed E-state index contributed by atoms with van der Waals surface area (Å²) in [5, 5.41) is 8.71. The van der Waals surface area contributed by atoms with Crippen molar-refractivity contribution in [3.05, 3.63) is 48.2 Å². The Morgan fingerprint density at radius 1 is 1.12 bits per heavy atom. The number of aromatic nitrogens is 1. The predicted molar refractivity (Wildman–Crippen MR) is 99.2 cm³/mol. The molecule has 3 N–H and O–H groups in total. The Morgan fingerprint density at radius 2 is 1.88 bits per heavy atom. The lowest BCUT2D eigenvalue weighted by molar-refractivity contribution is -0.114. The molecule has 0 atom stereocenters. The van der Waals surface area contributed by atoms with Crippen molar-refractivity contribution in [1.82, 2.24) is 15.2 Å². The first kappa shape index (κ1) is 18.4. The van der Waals surface area contributed by atoms with E-state index in [1.54, 1.807) is 18.2 Å². The van der Waals surface area contributed by atoms with Gasteiger partial charge in [-0.3, -0.25) is 9.59 Å². The lowest BCUT2D eigenvalue weighted by Gasteiger charge is -2.11. The van der Waals surface area contributed by atoms with Crippen LogP contribution in [0.5, 0.6) is 0 Å². The molecule has 25 heavy (non-hydrogen) atoms. The topological polar surface area (TPSA) is 86.4 Å². The zero-order valence-corrected chi connectivity index (χ0v) is 14.7. The van der Waals surface area contributed by atoms with Crippen LogP contribution in [0.4, 0.5) is 17.2 Å². The molecule has 2 amide bonds. The van der Waals surface area contributed by atoms with E-state index in [0.29, 0.717) is 23.6 Å². The van der Waals surface area contributed by atoms with Crippen LogP contribution in [0.1, 0.15) is 17.3 Å². The summed E-state index contributed by atoms with van der Waals surface area (Å²) in [4.78, 5) is 29.4.